The zero-order valence-electron chi connectivity index (χ0n) is 6.58. The van der Waals surface area contributed by atoms with Gasteiger partial charge in [0.1, 0.15) is 0 Å². The molecule has 0 radical (unpaired) electrons. The van der Waals surface area contributed by atoms with Crippen molar-refractivity contribution in [3.05, 3.63) is 12.7 Å². The predicted molar refractivity (Wildman–Crippen MR) is 37.6 cm³/mol. The third-order valence-electron chi connectivity index (χ3n) is 1.06. The first-order chi connectivity index (χ1) is 6.06. The molecule has 1 atom stereocenters. The van der Waals surface area contributed by atoms with Crippen LogP contribution < -0.4 is 0 Å². The molecule has 0 fully saturated rings. The van der Waals surface area contributed by atoms with Crippen LogP contribution in [0.2, 0.25) is 0 Å². The number of rotatable bonds is 4. The van der Waals surface area contributed by atoms with Gasteiger partial charge in [-0.1, -0.05) is 6.08 Å². The van der Waals surface area contributed by atoms with Crippen LogP contribution in [0.3, 0.4) is 0 Å². The lowest BCUT2D eigenvalue weighted by Gasteiger charge is -2.23. The van der Waals surface area contributed by atoms with Crippen LogP contribution >= 0.6 is 0 Å². The number of hydrogen-bond acceptors (Lipinski definition) is 3. The minimum atomic E-state index is -6.06. The van der Waals surface area contributed by atoms with Gasteiger partial charge in [-0.25, -0.2) is 0 Å². The molecule has 0 spiro atoms. The van der Waals surface area contributed by atoms with Gasteiger partial charge in [0.05, 0.1) is 6.61 Å². The maximum absolute atomic E-state index is 12.8. The minimum Gasteiger partial charge on any atom is -0.321 e. The quantitative estimate of drug-likeness (QED) is 0.455. The first-order valence-corrected chi connectivity index (χ1v) is 4.48. The smallest absolute Gasteiger partial charge is 0.321 e. The molecule has 0 amide bonds. The third-order valence-corrected chi connectivity index (χ3v) is 2.07. The van der Waals surface area contributed by atoms with E-state index in [0.29, 0.717) is 6.08 Å². The predicted octanol–water partition coefficient (Wildman–Crippen LogP) is 1.26. The van der Waals surface area contributed by atoms with Crippen molar-refractivity contribution in [3.8, 4) is 0 Å². The highest BCUT2D eigenvalue weighted by Gasteiger charge is 2.67. The van der Waals surface area contributed by atoms with E-state index in [1.807, 2.05) is 0 Å². The Morgan fingerprint density at radius 2 is 1.79 bits per heavy atom. The third kappa shape index (κ3) is 2.42. The summed E-state index contributed by atoms with van der Waals surface area (Å²) in [5.41, 5.74) is 0. The van der Waals surface area contributed by atoms with E-state index >= 15 is 0 Å². The summed E-state index contributed by atoms with van der Waals surface area (Å²) in [6, 6.07) is 0. The summed E-state index contributed by atoms with van der Waals surface area (Å²) in [5.74, 6) is 0. The fraction of sp³-hybridized carbons (Fsp3) is 0.600. The summed E-state index contributed by atoms with van der Waals surface area (Å²) in [5, 5.41) is -5.12. The van der Waals surface area contributed by atoms with E-state index in [1.54, 1.807) is 0 Å². The average molecular weight is 238 g/mol. The maximum atomic E-state index is 12.8. The summed E-state index contributed by atoms with van der Waals surface area (Å²) in [4.78, 5) is 0. The highest BCUT2D eigenvalue weighted by molar-refractivity contribution is 7.87. The molecule has 0 aliphatic heterocycles. The van der Waals surface area contributed by atoms with E-state index in [9.17, 15) is 26.0 Å². The molecule has 0 aliphatic rings. The van der Waals surface area contributed by atoms with Crippen molar-refractivity contribution < 1.29 is 35.3 Å². The largest absolute Gasteiger partial charge is 0.467 e. The van der Waals surface area contributed by atoms with Gasteiger partial charge in [-0.3, -0.25) is 4.55 Å². The molecule has 14 heavy (non-hydrogen) atoms. The lowest BCUT2D eigenvalue weighted by atomic mass is 10.6. The van der Waals surface area contributed by atoms with Crippen LogP contribution in [0.1, 0.15) is 0 Å². The summed E-state index contributed by atoms with van der Waals surface area (Å²) in [6.07, 6.45) is -5.19. The van der Waals surface area contributed by atoms with E-state index in [0.717, 1.165) is 0 Å². The Bertz CT molecular complexity index is 308. The van der Waals surface area contributed by atoms with Crippen molar-refractivity contribution in [1.82, 2.24) is 0 Å². The van der Waals surface area contributed by atoms with Crippen LogP contribution in [0.25, 0.3) is 0 Å². The molecule has 0 rings (SSSR count). The molecule has 0 aromatic rings. The Kier molecular flexibility index (Phi) is 3.65. The van der Waals surface area contributed by atoms with Gasteiger partial charge in [0.2, 0.25) is 0 Å². The number of hydrogen-bond donors (Lipinski definition) is 1. The van der Waals surface area contributed by atoms with Gasteiger partial charge < -0.3 is 4.74 Å². The number of ether oxygens (including phenoxy) is 1. The fourth-order valence-corrected chi connectivity index (χ4v) is 0.978. The van der Waals surface area contributed by atoms with Crippen LogP contribution in [0.4, 0.5) is 17.6 Å². The van der Waals surface area contributed by atoms with E-state index in [2.05, 4.69) is 11.3 Å². The molecular formula is C5H6F4O4S. The SMILES string of the molecule is C=CCOC(F)(C(F)(F)F)S(=O)(=O)O. The van der Waals surface area contributed by atoms with E-state index in [-0.39, 0.29) is 0 Å². The molecule has 0 aromatic carbocycles. The first kappa shape index (κ1) is 13.3. The Hall–Kier alpha value is -0.670. The standard InChI is InChI=1S/C5H6F4O4S/c1-2-3-13-5(9,4(6,7)8)14(10,11)12/h2H,1,3H2,(H,10,11,12). The summed E-state index contributed by atoms with van der Waals surface area (Å²) in [7, 11) is -6.06. The topological polar surface area (TPSA) is 63.6 Å². The fourth-order valence-electron chi connectivity index (χ4n) is 0.469. The Morgan fingerprint density at radius 1 is 1.36 bits per heavy atom. The van der Waals surface area contributed by atoms with Gasteiger partial charge in [0.25, 0.3) is 0 Å². The molecule has 0 aliphatic carbocycles. The second-order valence-corrected chi connectivity index (χ2v) is 3.58. The summed E-state index contributed by atoms with van der Waals surface area (Å²) >= 11 is 0. The van der Waals surface area contributed by atoms with Crippen molar-refractivity contribution >= 4 is 10.1 Å². The molecule has 0 saturated carbocycles. The molecule has 1 N–H and O–H groups in total. The first-order valence-electron chi connectivity index (χ1n) is 3.04. The monoisotopic (exact) mass is 238 g/mol. The van der Waals surface area contributed by atoms with Crippen molar-refractivity contribution in [1.29, 1.82) is 0 Å². The van der Waals surface area contributed by atoms with Crippen LogP contribution in [-0.2, 0) is 14.9 Å². The normalized spacial score (nSPS) is 17.5. The van der Waals surface area contributed by atoms with Gasteiger partial charge in [0.15, 0.2) is 0 Å². The number of alkyl halides is 4. The van der Waals surface area contributed by atoms with Gasteiger partial charge in [0, 0.05) is 0 Å². The summed E-state index contributed by atoms with van der Waals surface area (Å²) < 4.78 is 79.9. The van der Waals surface area contributed by atoms with Crippen molar-refractivity contribution in [3.63, 3.8) is 0 Å². The zero-order chi connectivity index (χ0) is 11.6. The van der Waals surface area contributed by atoms with Crippen molar-refractivity contribution in [2.45, 2.75) is 11.4 Å². The van der Waals surface area contributed by atoms with E-state index in [1.165, 1.54) is 0 Å². The second-order valence-electron chi connectivity index (χ2n) is 2.11. The molecule has 0 heterocycles. The lowest BCUT2D eigenvalue weighted by molar-refractivity contribution is -0.288. The summed E-state index contributed by atoms with van der Waals surface area (Å²) in [6.45, 7) is 1.87. The van der Waals surface area contributed by atoms with E-state index < -0.39 is 28.1 Å². The Morgan fingerprint density at radius 3 is 2.00 bits per heavy atom. The van der Waals surface area contributed by atoms with Gasteiger partial charge in [-0.15, -0.1) is 6.58 Å². The molecule has 9 heteroatoms. The highest BCUT2D eigenvalue weighted by atomic mass is 32.2. The molecule has 0 saturated heterocycles. The minimum absolute atomic E-state index is 0.700. The molecule has 1 unspecified atom stereocenters. The average Bonchev–Trinajstić information content (AvgIpc) is 1.95. The van der Waals surface area contributed by atoms with Crippen LogP contribution in [0.15, 0.2) is 12.7 Å². The Labute approximate surface area is 76.9 Å². The van der Waals surface area contributed by atoms with E-state index in [4.69, 9.17) is 4.55 Å². The van der Waals surface area contributed by atoms with Crippen molar-refractivity contribution in [2.24, 2.45) is 0 Å². The van der Waals surface area contributed by atoms with Gasteiger partial charge in [-0.05, 0) is 0 Å². The lowest BCUT2D eigenvalue weighted by Crippen LogP contribution is -2.50. The molecule has 0 bridgehead atoms. The van der Waals surface area contributed by atoms with Crippen LogP contribution in [0, 0.1) is 0 Å². The number of halogens is 4. The van der Waals surface area contributed by atoms with Gasteiger partial charge >= 0.3 is 21.5 Å². The molecule has 84 valence electrons. The maximum Gasteiger partial charge on any atom is 0.467 e. The van der Waals surface area contributed by atoms with Crippen LogP contribution in [-0.4, -0.2) is 30.9 Å². The Balaban J connectivity index is 5.18. The van der Waals surface area contributed by atoms with Crippen LogP contribution in [0.5, 0.6) is 0 Å². The second kappa shape index (κ2) is 3.83. The zero-order valence-corrected chi connectivity index (χ0v) is 7.40. The molecule has 0 aromatic heterocycles. The molecular weight excluding hydrogens is 232 g/mol. The molecule has 4 nitrogen and oxygen atoms in total. The highest BCUT2D eigenvalue weighted by Crippen LogP contribution is 2.38. The van der Waals surface area contributed by atoms with Gasteiger partial charge in [-0.2, -0.15) is 26.0 Å². The van der Waals surface area contributed by atoms with Crippen molar-refractivity contribution in [2.75, 3.05) is 6.61 Å².